The molecule has 0 fully saturated rings. The van der Waals surface area contributed by atoms with Crippen molar-refractivity contribution in [2.75, 3.05) is 0 Å². The van der Waals surface area contributed by atoms with Crippen molar-refractivity contribution in [3.05, 3.63) is 16.3 Å². The van der Waals surface area contributed by atoms with Crippen molar-refractivity contribution in [1.82, 2.24) is 9.97 Å². The molecular weight excluding hydrogens is 278 g/mol. The van der Waals surface area contributed by atoms with E-state index in [9.17, 15) is 4.79 Å². The number of fused-ring (bicyclic) bond motifs is 3. The quantitative estimate of drug-likeness (QED) is 0.697. The zero-order valence-corrected chi connectivity index (χ0v) is 12.5. The molecule has 6 heteroatoms. The fourth-order valence-electron chi connectivity index (χ4n) is 2.37. The minimum absolute atomic E-state index is 0.269. The molecule has 0 radical (unpaired) electrons. The molecule has 3 rings (SSSR count). The summed E-state index contributed by atoms with van der Waals surface area (Å²) in [5.74, 6) is 0.452. The molecule has 0 bridgehead atoms. The third kappa shape index (κ3) is 2.23. The summed E-state index contributed by atoms with van der Waals surface area (Å²) in [6, 6.07) is 0. The van der Waals surface area contributed by atoms with Crippen LogP contribution in [0.2, 0.25) is 0 Å². The molecule has 0 saturated heterocycles. The smallest absolute Gasteiger partial charge is 0.230 e. The molecule has 0 saturated carbocycles. The zero-order valence-electron chi connectivity index (χ0n) is 10.9. The van der Waals surface area contributed by atoms with Crippen LogP contribution in [0, 0.1) is 6.92 Å². The zero-order chi connectivity index (χ0) is 13.6. The Bertz CT molecular complexity index is 665. The first-order chi connectivity index (χ1) is 9.06. The molecule has 0 spiro atoms. The van der Waals surface area contributed by atoms with E-state index in [1.807, 2.05) is 13.8 Å². The fraction of sp³-hybridized carbons (Fsp3) is 0.462. The van der Waals surface area contributed by atoms with Gasteiger partial charge in [0.1, 0.15) is 15.7 Å². The maximum Gasteiger partial charge on any atom is 0.230 e. The van der Waals surface area contributed by atoms with Crippen molar-refractivity contribution in [3.8, 4) is 0 Å². The number of carbonyl (C=O) groups is 1. The number of primary amides is 1. The van der Waals surface area contributed by atoms with Crippen LogP contribution in [0.5, 0.6) is 0 Å². The monoisotopic (exact) mass is 293 g/mol. The van der Waals surface area contributed by atoms with Gasteiger partial charge in [0.2, 0.25) is 5.91 Å². The van der Waals surface area contributed by atoms with Gasteiger partial charge < -0.3 is 5.73 Å². The molecule has 1 aliphatic carbocycles. The Labute approximate surface area is 119 Å². The van der Waals surface area contributed by atoms with E-state index in [1.54, 1.807) is 11.3 Å². The Morgan fingerprint density at radius 1 is 1.42 bits per heavy atom. The summed E-state index contributed by atoms with van der Waals surface area (Å²) in [5, 5.41) is 1.80. The van der Waals surface area contributed by atoms with Gasteiger partial charge in [-0.2, -0.15) is 0 Å². The number of nitrogens with two attached hydrogens (primary N) is 1. The number of thiophene rings is 1. The highest BCUT2D eigenvalue weighted by atomic mass is 32.2. The van der Waals surface area contributed by atoms with Crippen LogP contribution in [-0.2, 0) is 17.6 Å². The normalized spacial score (nSPS) is 15.7. The molecule has 2 aromatic rings. The molecule has 0 aromatic carbocycles. The summed E-state index contributed by atoms with van der Waals surface area (Å²) in [6.07, 6.45) is 3.45. The number of nitrogens with zero attached hydrogens (tertiary/aromatic N) is 2. The Morgan fingerprint density at radius 2 is 2.21 bits per heavy atom. The maximum absolute atomic E-state index is 11.3. The van der Waals surface area contributed by atoms with Crippen LogP contribution >= 0.6 is 23.1 Å². The number of aromatic nitrogens is 2. The lowest BCUT2D eigenvalue weighted by molar-refractivity contribution is -0.117. The van der Waals surface area contributed by atoms with E-state index in [-0.39, 0.29) is 11.2 Å². The predicted octanol–water partition coefficient (Wildman–Crippen LogP) is 2.45. The summed E-state index contributed by atoms with van der Waals surface area (Å²) < 4.78 is 0. The molecule has 100 valence electrons. The topological polar surface area (TPSA) is 68.9 Å². The van der Waals surface area contributed by atoms with Gasteiger partial charge in [0, 0.05) is 10.3 Å². The number of amides is 1. The average molecular weight is 293 g/mol. The summed E-state index contributed by atoms with van der Waals surface area (Å²) in [4.78, 5) is 22.8. The molecule has 0 aliphatic heterocycles. The van der Waals surface area contributed by atoms with Gasteiger partial charge >= 0.3 is 0 Å². The largest absolute Gasteiger partial charge is 0.369 e. The molecule has 2 heterocycles. The van der Waals surface area contributed by atoms with Crippen molar-refractivity contribution in [1.29, 1.82) is 0 Å². The minimum atomic E-state index is -0.304. The minimum Gasteiger partial charge on any atom is -0.369 e. The number of aryl methyl sites for hydroxylation is 3. The van der Waals surface area contributed by atoms with Crippen LogP contribution in [0.4, 0.5) is 0 Å². The van der Waals surface area contributed by atoms with Crippen LogP contribution in [0.15, 0.2) is 5.03 Å². The molecular formula is C13H15N3OS2. The van der Waals surface area contributed by atoms with Gasteiger partial charge in [-0.05, 0) is 38.7 Å². The van der Waals surface area contributed by atoms with Crippen molar-refractivity contribution >= 4 is 39.2 Å². The molecule has 0 unspecified atom stereocenters. The number of hydrogen-bond donors (Lipinski definition) is 1. The van der Waals surface area contributed by atoms with Crippen LogP contribution < -0.4 is 5.73 Å². The van der Waals surface area contributed by atoms with Gasteiger partial charge in [-0.25, -0.2) is 9.97 Å². The second-order valence-electron chi connectivity index (χ2n) is 4.78. The van der Waals surface area contributed by atoms with Crippen LogP contribution in [-0.4, -0.2) is 21.1 Å². The van der Waals surface area contributed by atoms with Gasteiger partial charge in [-0.3, -0.25) is 4.79 Å². The highest BCUT2D eigenvalue weighted by Gasteiger charge is 2.23. The highest BCUT2D eigenvalue weighted by Crippen LogP contribution is 2.41. The van der Waals surface area contributed by atoms with E-state index in [4.69, 9.17) is 5.73 Å². The van der Waals surface area contributed by atoms with Crippen molar-refractivity contribution in [3.63, 3.8) is 0 Å². The first-order valence-electron chi connectivity index (χ1n) is 6.31. The summed E-state index contributed by atoms with van der Waals surface area (Å²) in [6.45, 7) is 3.71. The van der Waals surface area contributed by atoms with Crippen LogP contribution in [0.25, 0.3) is 10.2 Å². The van der Waals surface area contributed by atoms with E-state index in [1.165, 1.54) is 28.6 Å². The maximum atomic E-state index is 11.3. The first kappa shape index (κ1) is 12.9. The molecule has 19 heavy (non-hydrogen) atoms. The third-order valence-corrected chi connectivity index (χ3v) is 5.62. The van der Waals surface area contributed by atoms with Gasteiger partial charge in [0.05, 0.1) is 5.25 Å². The van der Waals surface area contributed by atoms with E-state index < -0.39 is 0 Å². The van der Waals surface area contributed by atoms with Crippen molar-refractivity contribution < 1.29 is 4.79 Å². The fourth-order valence-corrected chi connectivity index (χ4v) is 4.72. The number of hydrogen-bond acceptors (Lipinski definition) is 5. The second kappa shape index (κ2) is 4.76. The van der Waals surface area contributed by atoms with Crippen molar-refractivity contribution in [2.24, 2.45) is 5.73 Å². The molecule has 1 aliphatic rings. The van der Waals surface area contributed by atoms with E-state index in [0.29, 0.717) is 0 Å². The average Bonchev–Trinajstić information content (AvgIpc) is 2.87. The summed E-state index contributed by atoms with van der Waals surface area (Å²) in [5.41, 5.74) is 6.74. The molecule has 4 nitrogen and oxygen atoms in total. The molecule has 1 amide bonds. The van der Waals surface area contributed by atoms with E-state index >= 15 is 0 Å². The van der Waals surface area contributed by atoms with E-state index in [2.05, 4.69) is 9.97 Å². The lowest BCUT2D eigenvalue weighted by atomic mass is 10.2. The van der Waals surface area contributed by atoms with Crippen LogP contribution in [0.1, 0.15) is 29.6 Å². The lowest BCUT2D eigenvalue weighted by Gasteiger charge is -2.09. The van der Waals surface area contributed by atoms with Gasteiger partial charge in [-0.15, -0.1) is 11.3 Å². The standard InChI is InChI=1S/C13H15N3OS2/c1-6(11(14)17)18-12-10-8-4-3-5-9(8)19-13(10)16-7(2)15-12/h6H,3-5H2,1-2H3,(H2,14,17)/t6-/m0/s1. The Balaban J connectivity index is 2.14. The van der Waals surface area contributed by atoms with Crippen molar-refractivity contribution in [2.45, 2.75) is 43.4 Å². The summed E-state index contributed by atoms with van der Waals surface area (Å²) >= 11 is 3.22. The highest BCUT2D eigenvalue weighted by molar-refractivity contribution is 8.00. The summed E-state index contributed by atoms with van der Waals surface area (Å²) in [7, 11) is 0. The second-order valence-corrected chi connectivity index (χ2v) is 7.19. The van der Waals surface area contributed by atoms with Gasteiger partial charge in [0.25, 0.3) is 0 Å². The molecule has 2 N–H and O–H groups in total. The van der Waals surface area contributed by atoms with Crippen LogP contribution in [0.3, 0.4) is 0 Å². The third-order valence-electron chi connectivity index (χ3n) is 3.33. The Morgan fingerprint density at radius 3 is 2.95 bits per heavy atom. The molecule has 1 atom stereocenters. The number of thioether (sulfide) groups is 1. The van der Waals surface area contributed by atoms with Gasteiger partial charge in [-0.1, -0.05) is 11.8 Å². The number of carbonyl (C=O) groups excluding carboxylic acids is 1. The molecule has 2 aromatic heterocycles. The first-order valence-corrected chi connectivity index (χ1v) is 8.00. The Kier molecular flexibility index (Phi) is 3.22. The number of rotatable bonds is 3. The van der Waals surface area contributed by atoms with E-state index in [0.717, 1.165) is 33.9 Å². The Hall–Kier alpha value is -1.14. The lowest BCUT2D eigenvalue weighted by Crippen LogP contribution is -2.22. The van der Waals surface area contributed by atoms with Gasteiger partial charge in [0.15, 0.2) is 0 Å². The predicted molar refractivity (Wildman–Crippen MR) is 78.7 cm³/mol. The SMILES string of the molecule is Cc1nc(S[C@@H](C)C(N)=O)c2c3c(sc2n1)CCC3.